The van der Waals surface area contributed by atoms with E-state index in [1.807, 2.05) is 42.2 Å². The molecule has 0 aliphatic carbocycles. The fraction of sp³-hybridized carbons (Fsp3) is 0.333. The molecule has 1 amide bonds. The molecule has 138 valence electrons. The Morgan fingerprint density at radius 2 is 1.69 bits per heavy atom. The number of carbonyl (C=O) groups excluding carboxylic acids is 1. The fourth-order valence-electron chi connectivity index (χ4n) is 2.56. The number of carbonyl (C=O) groups is 1. The van der Waals surface area contributed by atoms with Crippen LogP contribution < -0.4 is 10.6 Å². The van der Waals surface area contributed by atoms with Crippen LogP contribution in [0.3, 0.4) is 0 Å². The zero-order valence-electron chi connectivity index (χ0n) is 15.8. The second kappa shape index (κ2) is 10.2. The molecule has 0 atom stereocenters. The van der Waals surface area contributed by atoms with Crippen molar-refractivity contribution >= 4 is 11.9 Å². The van der Waals surface area contributed by atoms with E-state index in [1.165, 1.54) is 11.1 Å². The molecule has 2 aromatic rings. The third kappa shape index (κ3) is 6.24. The van der Waals surface area contributed by atoms with E-state index in [-0.39, 0.29) is 12.5 Å². The summed E-state index contributed by atoms with van der Waals surface area (Å²) in [6, 6.07) is 18.4. The zero-order valence-corrected chi connectivity index (χ0v) is 15.8. The molecule has 0 heterocycles. The van der Waals surface area contributed by atoms with Gasteiger partial charge in [0.15, 0.2) is 5.96 Å². The number of nitrogens with one attached hydrogen (secondary N) is 2. The lowest BCUT2D eigenvalue weighted by Crippen LogP contribution is -2.44. The molecule has 2 aromatic carbocycles. The number of hydrogen-bond acceptors (Lipinski definition) is 2. The van der Waals surface area contributed by atoms with Crippen LogP contribution in [0.2, 0.25) is 0 Å². The molecule has 2 N–H and O–H groups in total. The molecular weight excluding hydrogens is 324 g/mol. The quantitative estimate of drug-likeness (QED) is 0.595. The number of hydrogen-bond donors (Lipinski definition) is 2. The molecule has 0 saturated heterocycles. The molecule has 0 fully saturated rings. The highest BCUT2D eigenvalue weighted by Crippen LogP contribution is 2.04. The summed E-state index contributed by atoms with van der Waals surface area (Å²) in [6.45, 7) is 6.23. The lowest BCUT2D eigenvalue weighted by atomic mass is 10.1. The summed E-state index contributed by atoms with van der Waals surface area (Å²) in [5.74, 6) is 0.671. The average molecular weight is 352 g/mol. The van der Waals surface area contributed by atoms with Crippen molar-refractivity contribution < 1.29 is 4.79 Å². The van der Waals surface area contributed by atoms with Crippen molar-refractivity contribution in [1.29, 1.82) is 0 Å². The minimum atomic E-state index is 0.0506. The normalized spacial score (nSPS) is 11.1. The largest absolute Gasteiger partial charge is 0.352 e. The number of rotatable bonds is 7. The first-order chi connectivity index (χ1) is 12.6. The molecule has 0 aromatic heterocycles. The van der Waals surface area contributed by atoms with Crippen molar-refractivity contribution in [3.05, 3.63) is 71.3 Å². The van der Waals surface area contributed by atoms with Gasteiger partial charge >= 0.3 is 0 Å². The first-order valence-electron chi connectivity index (χ1n) is 8.94. The Bertz CT molecular complexity index is 711. The Kier molecular flexibility index (Phi) is 7.68. The Hall–Kier alpha value is -2.82. The van der Waals surface area contributed by atoms with Gasteiger partial charge in [-0.1, -0.05) is 60.2 Å². The molecule has 0 radical (unpaired) electrons. The standard InChI is InChI=1S/C21H28N4O/c1-4-25(16-19-8-6-5-7-9-19)20(26)15-24-21(22-3)23-14-18-12-10-17(2)11-13-18/h5-13H,4,14-16H2,1-3H3,(H2,22,23,24). The third-order valence-corrected chi connectivity index (χ3v) is 4.16. The lowest BCUT2D eigenvalue weighted by molar-refractivity contribution is -0.130. The number of amides is 1. The summed E-state index contributed by atoms with van der Waals surface area (Å²) >= 11 is 0. The SMILES string of the molecule is CCN(Cc1ccccc1)C(=O)CNC(=NC)NCc1ccc(C)cc1. The maximum absolute atomic E-state index is 12.5. The van der Waals surface area contributed by atoms with Crippen molar-refractivity contribution in [2.45, 2.75) is 26.9 Å². The van der Waals surface area contributed by atoms with Crippen LogP contribution in [-0.4, -0.2) is 36.9 Å². The number of nitrogens with zero attached hydrogens (tertiary/aromatic N) is 2. The Morgan fingerprint density at radius 1 is 1.00 bits per heavy atom. The Morgan fingerprint density at radius 3 is 2.31 bits per heavy atom. The van der Waals surface area contributed by atoms with Crippen LogP contribution in [0, 0.1) is 6.92 Å². The molecule has 0 unspecified atom stereocenters. The first kappa shape index (κ1) is 19.5. The van der Waals surface area contributed by atoms with E-state index < -0.39 is 0 Å². The second-order valence-electron chi connectivity index (χ2n) is 6.16. The summed E-state index contributed by atoms with van der Waals surface area (Å²) in [5.41, 5.74) is 3.54. The van der Waals surface area contributed by atoms with Gasteiger partial charge in [-0.2, -0.15) is 0 Å². The highest BCUT2D eigenvalue weighted by atomic mass is 16.2. The molecule has 0 saturated carbocycles. The number of benzene rings is 2. The van der Waals surface area contributed by atoms with E-state index in [4.69, 9.17) is 0 Å². The van der Waals surface area contributed by atoms with E-state index in [1.54, 1.807) is 7.05 Å². The van der Waals surface area contributed by atoms with Gasteiger partial charge in [0.05, 0.1) is 6.54 Å². The van der Waals surface area contributed by atoms with Gasteiger partial charge in [-0.25, -0.2) is 0 Å². The number of likely N-dealkylation sites (N-methyl/N-ethyl adjacent to an activating group) is 1. The number of guanidine groups is 1. The van der Waals surface area contributed by atoms with Gasteiger partial charge in [0, 0.05) is 26.7 Å². The fourth-order valence-corrected chi connectivity index (χ4v) is 2.56. The highest BCUT2D eigenvalue weighted by molar-refractivity contribution is 5.86. The van der Waals surface area contributed by atoms with Crippen LogP contribution in [-0.2, 0) is 17.9 Å². The van der Waals surface area contributed by atoms with Gasteiger partial charge in [0.25, 0.3) is 0 Å². The molecule has 0 aliphatic rings. The Balaban J connectivity index is 1.82. The maximum Gasteiger partial charge on any atom is 0.242 e. The van der Waals surface area contributed by atoms with Crippen molar-refractivity contribution in [1.82, 2.24) is 15.5 Å². The zero-order chi connectivity index (χ0) is 18.8. The van der Waals surface area contributed by atoms with Gasteiger partial charge in [0.2, 0.25) is 5.91 Å². The topological polar surface area (TPSA) is 56.7 Å². The Labute approximate surface area is 156 Å². The van der Waals surface area contributed by atoms with E-state index in [0.29, 0.717) is 25.6 Å². The van der Waals surface area contributed by atoms with E-state index >= 15 is 0 Å². The van der Waals surface area contributed by atoms with Crippen LogP contribution in [0.4, 0.5) is 0 Å². The van der Waals surface area contributed by atoms with Crippen LogP contribution in [0.5, 0.6) is 0 Å². The molecule has 0 bridgehead atoms. The highest BCUT2D eigenvalue weighted by Gasteiger charge is 2.12. The molecule has 0 spiro atoms. The van der Waals surface area contributed by atoms with Crippen LogP contribution in [0.25, 0.3) is 0 Å². The minimum absolute atomic E-state index is 0.0506. The monoisotopic (exact) mass is 352 g/mol. The number of aliphatic imine (C=N–C) groups is 1. The summed E-state index contributed by atoms with van der Waals surface area (Å²) in [7, 11) is 1.70. The van der Waals surface area contributed by atoms with Gasteiger partial charge in [0.1, 0.15) is 0 Å². The smallest absolute Gasteiger partial charge is 0.242 e. The summed E-state index contributed by atoms with van der Waals surface area (Å²) < 4.78 is 0. The second-order valence-corrected chi connectivity index (χ2v) is 6.16. The predicted molar refractivity (Wildman–Crippen MR) is 107 cm³/mol. The average Bonchev–Trinajstić information content (AvgIpc) is 2.68. The first-order valence-corrected chi connectivity index (χ1v) is 8.94. The minimum Gasteiger partial charge on any atom is -0.352 e. The van der Waals surface area contributed by atoms with E-state index in [0.717, 1.165) is 5.56 Å². The van der Waals surface area contributed by atoms with Gasteiger partial charge in [-0.15, -0.1) is 0 Å². The third-order valence-electron chi connectivity index (χ3n) is 4.16. The molecule has 0 aliphatic heterocycles. The van der Waals surface area contributed by atoms with Gasteiger partial charge in [-0.3, -0.25) is 9.79 Å². The van der Waals surface area contributed by atoms with Crippen LogP contribution in [0.15, 0.2) is 59.6 Å². The summed E-state index contributed by atoms with van der Waals surface area (Å²) in [5, 5.41) is 6.33. The van der Waals surface area contributed by atoms with E-state index in [9.17, 15) is 4.79 Å². The van der Waals surface area contributed by atoms with E-state index in [2.05, 4.69) is 46.8 Å². The van der Waals surface area contributed by atoms with Crippen LogP contribution in [0.1, 0.15) is 23.6 Å². The molecule has 2 rings (SSSR count). The molecular formula is C21H28N4O. The predicted octanol–water partition coefficient (Wildman–Crippen LogP) is 2.71. The molecule has 5 nitrogen and oxygen atoms in total. The van der Waals surface area contributed by atoms with Crippen molar-refractivity contribution in [3.63, 3.8) is 0 Å². The lowest BCUT2D eigenvalue weighted by Gasteiger charge is -2.22. The van der Waals surface area contributed by atoms with Crippen molar-refractivity contribution in [2.24, 2.45) is 4.99 Å². The summed E-state index contributed by atoms with van der Waals surface area (Å²) in [4.78, 5) is 18.5. The van der Waals surface area contributed by atoms with Gasteiger partial charge < -0.3 is 15.5 Å². The summed E-state index contributed by atoms with van der Waals surface area (Å²) in [6.07, 6.45) is 0. The molecule has 5 heteroatoms. The van der Waals surface area contributed by atoms with Gasteiger partial charge in [-0.05, 0) is 25.0 Å². The molecule has 26 heavy (non-hydrogen) atoms. The maximum atomic E-state index is 12.5. The van der Waals surface area contributed by atoms with Crippen molar-refractivity contribution in [2.75, 3.05) is 20.1 Å². The van der Waals surface area contributed by atoms with Crippen LogP contribution >= 0.6 is 0 Å². The number of aryl methyl sites for hydroxylation is 1. The van der Waals surface area contributed by atoms with Crippen molar-refractivity contribution in [3.8, 4) is 0 Å².